The fourth-order valence-electron chi connectivity index (χ4n) is 2.64. The number of hydrogen-bond acceptors (Lipinski definition) is 3. The van der Waals surface area contributed by atoms with Gasteiger partial charge in [0.25, 0.3) is 0 Å². The summed E-state index contributed by atoms with van der Waals surface area (Å²) in [7, 11) is -3.28. The maximum Gasteiger partial charge on any atom is 0.209 e. The van der Waals surface area contributed by atoms with E-state index in [1.807, 2.05) is 0 Å². The van der Waals surface area contributed by atoms with E-state index in [4.69, 9.17) is 5.14 Å². The van der Waals surface area contributed by atoms with Crippen molar-refractivity contribution in [2.75, 3.05) is 12.3 Å². The van der Waals surface area contributed by atoms with Crippen LogP contribution in [0.1, 0.15) is 51.9 Å². The SMILES string of the molecule is CCCC1CCC(NCCCS(N)(=O)=O)CC1. The van der Waals surface area contributed by atoms with E-state index in [2.05, 4.69) is 12.2 Å². The molecule has 1 aliphatic rings. The summed E-state index contributed by atoms with van der Waals surface area (Å²) in [6.07, 6.45) is 8.38. The number of nitrogens with two attached hydrogens (primary N) is 1. The van der Waals surface area contributed by atoms with Gasteiger partial charge in [0.15, 0.2) is 0 Å². The molecule has 3 N–H and O–H groups in total. The zero-order chi connectivity index (χ0) is 12.7. The third-order valence-electron chi connectivity index (χ3n) is 3.58. The molecule has 1 saturated carbocycles. The second kappa shape index (κ2) is 7.34. The Morgan fingerprint density at radius 2 is 1.88 bits per heavy atom. The van der Waals surface area contributed by atoms with Gasteiger partial charge >= 0.3 is 0 Å². The molecule has 17 heavy (non-hydrogen) atoms. The summed E-state index contributed by atoms with van der Waals surface area (Å²) in [5.41, 5.74) is 0. The summed E-state index contributed by atoms with van der Waals surface area (Å²) in [5.74, 6) is 1.01. The molecule has 5 heteroatoms. The minimum Gasteiger partial charge on any atom is -0.314 e. The van der Waals surface area contributed by atoms with Gasteiger partial charge in [-0.15, -0.1) is 0 Å². The zero-order valence-electron chi connectivity index (χ0n) is 10.8. The second-order valence-corrected chi connectivity index (χ2v) is 6.91. The first-order chi connectivity index (χ1) is 8.01. The molecule has 1 rings (SSSR count). The van der Waals surface area contributed by atoms with Gasteiger partial charge < -0.3 is 5.32 Å². The molecule has 0 bridgehead atoms. The standard InChI is InChI=1S/C12H26N2O2S/c1-2-4-11-5-7-12(8-6-11)14-9-3-10-17(13,15)16/h11-12,14H,2-10H2,1H3,(H2,13,15,16). The van der Waals surface area contributed by atoms with Crippen molar-refractivity contribution in [2.24, 2.45) is 11.1 Å². The van der Waals surface area contributed by atoms with Gasteiger partial charge in [0.1, 0.15) is 0 Å². The molecular formula is C12H26N2O2S. The number of sulfonamides is 1. The topological polar surface area (TPSA) is 72.2 Å². The van der Waals surface area contributed by atoms with E-state index in [1.54, 1.807) is 0 Å². The highest BCUT2D eigenvalue weighted by atomic mass is 32.2. The first kappa shape index (κ1) is 14.9. The lowest BCUT2D eigenvalue weighted by molar-refractivity contribution is 0.279. The minimum absolute atomic E-state index is 0.0885. The Bertz CT molecular complexity index is 296. The Hall–Kier alpha value is -0.130. The quantitative estimate of drug-likeness (QED) is 0.685. The number of nitrogens with one attached hydrogen (secondary N) is 1. The molecule has 0 heterocycles. The van der Waals surface area contributed by atoms with Gasteiger partial charge in [0.2, 0.25) is 10.0 Å². The third kappa shape index (κ3) is 7.01. The van der Waals surface area contributed by atoms with E-state index < -0.39 is 10.0 Å². The van der Waals surface area contributed by atoms with E-state index in [9.17, 15) is 8.42 Å². The summed E-state index contributed by atoms with van der Waals surface area (Å²) in [6, 6.07) is 0.587. The first-order valence-corrected chi connectivity index (χ1v) is 8.46. The summed E-state index contributed by atoms with van der Waals surface area (Å²) < 4.78 is 21.5. The predicted octanol–water partition coefficient (Wildman–Crippen LogP) is 1.61. The van der Waals surface area contributed by atoms with Crippen molar-refractivity contribution in [2.45, 2.75) is 57.9 Å². The number of rotatable bonds is 7. The molecule has 102 valence electrons. The molecule has 1 aliphatic carbocycles. The van der Waals surface area contributed by atoms with Crippen molar-refractivity contribution in [3.63, 3.8) is 0 Å². The van der Waals surface area contributed by atoms with E-state index in [-0.39, 0.29) is 5.75 Å². The van der Waals surface area contributed by atoms with E-state index in [0.29, 0.717) is 12.5 Å². The van der Waals surface area contributed by atoms with Crippen LogP contribution in [0.25, 0.3) is 0 Å². The Kier molecular flexibility index (Phi) is 6.44. The summed E-state index contributed by atoms with van der Waals surface area (Å²) in [5, 5.41) is 8.39. The molecule has 0 aromatic carbocycles. The maximum atomic E-state index is 10.7. The smallest absolute Gasteiger partial charge is 0.209 e. The van der Waals surface area contributed by atoms with Gasteiger partial charge in [-0.2, -0.15) is 0 Å². The number of primary sulfonamides is 1. The van der Waals surface area contributed by atoms with Gasteiger partial charge in [-0.3, -0.25) is 0 Å². The minimum atomic E-state index is -3.28. The third-order valence-corrected chi connectivity index (χ3v) is 4.44. The van der Waals surface area contributed by atoms with Crippen LogP contribution in [0.4, 0.5) is 0 Å². The summed E-state index contributed by atoms with van der Waals surface area (Å²) in [6.45, 7) is 3.01. The fraction of sp³-hybridized carbons (Fsp3) is 1.00. The van der Waals surface area contributed by atoms with E-state index in [1.165, 1.54) is 38.5 Å². The molecule has 0 aliphatic heterocycles. The Morgan fingerprint density at radius 1 is 1.24 bits per heavy atom. The van der Waals surface area contributed by atoms with Crippen molar-refractivity contribution >= 4 is 10.0 Å². The highest BCUT2D eigenvalue weighted by molar-refractivity contribution is 7.89. The molecule has 0 radical (unpaired) electrons. The average Bonchev–Trinajstić information content (AvgIpc) is 2.26. The van der Waals surface area contributed by atoms with Crippen LogP contribution < -0.4 is 10.5 Å². The summed E-state index contributed by atoms with van der Waals surface area (Å²) >= 11 is 0. The van der Waals surface area contributed by atoms with Crippen LogP contribution in [0.3, 0.4) is 0 Å². The molecule has 0 atom stereocenters. The Balaban J connectivity index is 2.06. The van der Waals surface area contributed by atoms with Gasteiger partial charge in [-0.1, -0.05) is 19.8 Å². The molecule has 0 unspecified atom stereocenters. The van der Waals surface area contributed by atoms with Crippen LogP contribution in [0, 0.1) is 5.92 Å². The van der Waals surface area contributed by atoms with Crippen LogP contribution in [0.5, 0.6) is 0 Å². The lowest BCUT2D eigenvalue weighted by Gasteiger charge is -2.29. The van der Waals surface area contributed by atoms with Crippen molar-refractivity contribution in [1.29, 1.82) is 0 Å². The Morgan fingerprint density at radius 3 is 2.41 bits per heavy atom. The second-order valence-electron chi connectivity index (χ2n) is 5.18. The van der Waals surface area contributed by atoms with Gasteiger partial charge in [-0.25, -0.2) is 13.6 Å². The van der Waals surface area contributed by atoms with Crippen molar-refractivity contribution in [3.8, 4) is 0 Å². The van der Waals surface area contributed by atoms with Crippen LogP contribution in [0.15, 0.2) is 0 Å². The van der Waals surface area contributed by atoms with Crippen LogP contribution in [-0.2, 0) is 10.0 Å². The van der Waals surface area contributed by atoms with E-state index in [0.717, 1.165) is 12.5 Å². The lowest BCUT2D eigenvalue weighted by atomic mass is 9.83. The summed E-state index contributed by atoms with van der Waals surface area (Å²) in [4.78, 5) is 0. The first-order valence-electron chi connectivity index (χ1n) is 6.75. The maximum absolute atomic E-state index is 10.7. The molecular weight excluding hydrogens is 236 g/mol. The molecule has 1 fully saturated rings. The molecule has 4 nitrogen and oxygen atoms in total. The lowest BCUT2D eigenvalue weighted by Crippen LogP contribution is -2.34. The highest BCUT2D eigenvalue weighted by Gasteiger charge is 2.19. The van der Waals surface area contributed by atoms with Crippen molar-refractivity contribution < 1.29 is 8.42 Å². The largest absolute Gasteiger partial charge is 0.314 e. The molecule has 0 spiro atoms. The molecule has 0 aromatic rings. The molecule has 0 amide bonds. The zero-order valence-corrected chi connectivity index (χ0v) is 11.6. The van der Waals surface area contributed by atoms with Crippen LogP contribution in [0.2, 0.25) is 0 Å². The Labute approximate surface area is 105 Å². The van der Waals surface area contributed by atoms with Gasteiger partial charge in [0, 0.05) is 6.04 Å². The average molecular weight is 262 g/mol. The molecule has 0 saturated heterocycles. The van der Waals surface area contributed by atoms with Crippen LogP contribution in [-0.4, -0.2) is 26.8 Å². The monoisotopic (exact) mass is 262 g/mol. The highest BCUT2D eigenvalue weighted by Crippen LogP contribution is 2.27. The fourth-order valence-corrected chi connectivity index (χ4v) is 3.19. The number of hydrogen-bond donors (Lipinski definition) is 2. The van der Waals surface area contributed by atoms with Crippen molar-refractivity contribution in [1.82, 2.24) is 5.32 Å². The van der Waals surface area contributed by atoms with Crippen molar-refractivity contribution in [3.05, 3.63) is 0 Å². The van der Waals surface area contributed by atoms with Crippen LogP contribution >= 0.6 is 0 Å². The molecule has 0 aromatic heterocycles. The van der Waals surface area contributed by atoms with E-state index >= 15 is 0 Å². The van der Waals surface area contributed by atoms with Gasteiger partial charge in [0.05, 0.1) is 5.75 Å². The van der Waals surface area contributed by atoms with Gasteiger partial charge in [-0.05, 0) is 44.6 Å². The normalized spacial score (nSPS) is 26.0. The predicted molar refractivity (Wildman–Crippen MR) is 71.2 cm³/mol.